The number of nitrogen functional groups attached to an aromatic ring is 2. The molecule has 3 aliphatic rings. The topological polar surface area (TPSA) is 200 Å². The van der Waals surface area contributed by atoms with Crippen molar-refractivity contribution in [3.63, 3.8) is 0 Å². The Bertz CT molecular complexity index is 1750. The van der Waals surface area contributed by atoms with Crippen LogP contribution >= 0.6 is 19.0 Å². The first-order valence-corrected chi connectivity index (χ1v) is 14.9. The summed E-state index contributed by atoms with van der Waals surface area (Å²) in [7, 11) is 0. The summed E-state index contributed by atoms with van der Waals surface area (Å²) in [6.07, 6.45) is -2.75. The molecule has 4 aromatic heterocycles. The van der Waals surface area contributed by atoms with Gasteiger partial charge in [-0.3, -0.25) is 23.4 Å². The molecule has 0 aromatic carbocycles. The van der Waals surface area contributed by atoms with Gasteiger partial charge in [-0.15, -0.1) is 0 Å². The standard InChI is InChI=1S/C21H22F2N9O6PS/c22-8-3-31(17-12(8)16(24)26-5-27-17)11-2-7-1-9-13(23)15(38-39(34,40)35-4-10(7)36-11)20(37-9)32-6-28-14-18(32)29-21(25)30-19(14)33/h3,5-7,9-11,13,15,20H,1-2,4H2,(H,34,40)(H2,24,26,27)(H3,25,29,30,33)/t7?,9?,10-,11-,13-,15-,20-,39?/m1/s1. The average Bonchev–Trinajstić information content (AvgIpc) is 3.64. The van der Waals surface area contributed by atoms with Crippen LogP contribution in [-0.2, 0) is 23.1 Å². The van der Waals surface area contributed by atoms with E-state index >= 15 is 4.39 Å². The number of fused-ring (bicyclic) bond motifs is 5. The van der Waals surface area contributed by atoms with Gasteiger partial charge in [-0.2, -0.15) is 4.98 Å². The molecule has 5 N–H and O–H groups in total. The van der Waals surface area contributed by atoms with Crippen LogP contribution in [0.3, 0.4) is 0 Å². The minimum absolute atomic E-state index is 0.0169. The average molecular weight is 598 g/mol. The van der Waals surface area contributed by atoms with E-state index in [9.17, 15) is 13.8 Å². The number of alkyl halides is 1. The molecule has 7 heterocycles. The molecule has 0 radical (unpaired) electrons. The van der Waals surface area contributed by atoms with E-state index in [0.29, 0.717) is 6.42 Å². The highest BCUT2D eigenvalue weighted by Gasteiger charge is 2.53. The van der Waals surface area contributed by atoms with Crippen LogP contribution in [0.25, 0.3) is 22.2 Å². The van der Waals surface area contributed by atoms with E-state index in [1.165, 1.54) is 28.0 Å². The van der Waals surface area contributed by atoms with Crippen molar-refractivity contribution in [2.24, 2.45) is 5.92 Å². The number of anilines is 2. The predicted octanol–water partition coefficient (Wildman–Crippen LogP) is 1.85. The van der Waals surface area contributed by atoms with E-state index in [2.05, 4.69) is 37.2 Å². The third-order valence-corrected chi connectivity index (χ3v) is 9.06. The molecule has 3 aliphatic heterocycles. The summed E-state index contributed by atoms with van der Waals surface area (Å²) >= 11 is 4.05. The fourth-order valence-electron chi connectivity index (χ4n) is 5.66. The molecule has 3 fully saturated rings. The minimum Gasteiger partial charge on any atom is -0.383 e. The number of nitrogens with two attached hydrogens (primary N) is 2. The Morgan fingerprint density at radius 1 is 1.12 bits per heavy atom. The molecule has 15 nitrogen and oxygen atoms in total. The van der Waals surface area contributed by atoms with Crippen LogP contribution in [0.2, 0.25) is 0 Å². The predicted molar refractivity (Wildman–Crippen MR) is 137 cm³/mol. The van der Waals surface area contributed by atoms with Crippen LogP contribution in [0, 0.1) is 11.7 Å². The molecule has 8 atom stereocenters. The molecule has 40 heavy (non-hydrogen) atoms. The molecule has 2 bridgehead atoms. The van der Waals surface area contributed by atoms with Gasteiger partial charge >= 0.3 is 6.80 Å². The Balaban J connectivity index is 1.23. The molecule has 3 saturated heterocycles. The monoisotopic (exact) mass is 597 g/mol. The van der Waals surface area contributed by atoms with Gasteiger partial charge in [0.2, 0.25) is 5.95 Å². The largest absolute Gasteiger partial charge is 0.386 e. The third-order valence-electron chi connectivity index (χ3n) is 7.45. The van der Waals surface area contributed by atoms with Gasteiger partial charge in [-0.05, 0) is 18.8 Å². The van der Waals surface area contributed by atoms with Gasteiger partial charge in [-0.25, -0.2) is 28.3 Å². The number of hydrogen-bond donors (Lipinski definition) is 4. The zero-order chi connectivity index (χ0) is 27.9. The van der Waals surface area contributed by atoms with Crippen molar-refractivity contribution in [2.75, 3.05) is 18.1 Å². The lowest BCUT2D eigenvalue weighted by atomic mass is 9.92. The van der Waals surface area contributed by atoms with Crippen LogP contribution < -0.4 is 17.0 Å². The van der Waals surface area contributed by atoms with Crippen molar-refractivity contribution >= 4 is 53.0 Å². The summed E-state index contributed by atoms with van der Waals surface area (Å²) < 4.78 is 69.9. The maximum atomic E-state index is 15.9. The summed E-state index contributed by atoms with van der Waals surface area (Å²) in [6.45, 7) is -4.34. The lowest BCUT2D eigenvalue weighted by Crippen LogP contribution is -2.34. The van der Waals surface area contributed by atoms with Gasteiger partial charge in [0, 0.05) is 6.20 Å². The number of aromatic amines is 1. The van der Waals surface area contributed by atoms with Crippen LogP contribution in [0.15, 0.2) is 23.6 Å². The van der Waals surface area contributed by atoms with Crippen LogP contribution in [0.5, 0.6) is 0 Å². The molecular weight excluding hydrogens is 575 g/mol. The zero-order valence-electron chi connectivity index (χ0n) is 20.3. The smallest absolute Gasteiger partial charge is 0.383 e. The Labute approximate surface area is 227 Å². The summed E-state index contributed by atoms with van der Waals surface area (Å²) in [5.41, 5.74) is 11.2. The summed E-state index contributed by atoms with van der Waals surface area (Å²) in [4.78, 5) is 30.7. The van der Waals surface area contributed by atoms with Crippen LogP contribution in [0.1, 0.15) is 25.3 Å². The molecule has 4 aromatic rings. The van der Waals surface area contributed by atoms with Gasteiger partial charge in [0.1, 0.15) is 24.5 Å². The highest BCUT2D eigenvalue weighted by atomic mass is 32.7. The van der Waals surface area contributed by atoms with E-state index in [1.54, 1.807) is 0 Å². The number of H-pyrrole nitrogens is 1. The summed E-state index contributed by atoms with van der Waals surface area (Å²) in [6, 6.07) is 0. The fourth-order valence-corrected chi connectivity index (χ4v) is 7.11. The van der Waals surface area contributed by atoms with Gasteiger partial charge in [0.15, 0.2) is 35.0 Å². The first kappa shape index (κ1) is 25.8. The van der Waals surface area contributed by atoms with Crippen molar-refractivity contribution in [2.45, 2.75) is 49.8 Å². The van der Waals surface area contributed by atoms with E-state index in [-0.39, 0.29) is 52.9 Å². The SMILES string of the molecule is Nc1nc2c(ncn2[C@@H]2OC3CC4C[C@H](n5cc(F)c6c(N)ncnc65)O[C@@H]4COP(=O)(S)O[C@@H]2[C@@H]3F)c(=O)[nH]1. The molecule has 0 spiro atoms. The van der Waals surface area contributed by atoms with E-state index in [1.807, 2.05) is 0 Å². The number of nitrogens with one attached hydrogen (secondary N) is 1. The maximum absolute atomic E-state index is 15.9. The first-order chi connectivity index (χ1) is 19.1. The maximum Gasteiger partial charge on any atom is 0.386 e. The lowest BCUT2D eigenvalue weighted by Gasteiger charge is -2.27. The van der Waals surface area contributed by atoms with Gasteiger partial charge in [-0.1, -0.05) is 12.2 Å². The number of ether oxygens (including phenoxy) is 2. The zero-order valence-corrected chi connectivity index (χ0v) is 22.1. The van der Waals surface area contributed by atoms with Crippen molar-refractivity contribution < 1.29 is 31.9 Å². The Hall–Kier alpha value is -3.15. The summed E-state index contributed by atoms with van der Waals surface area (Å²) in [5.74, 6) is -1.18. The molecule has 7 rings (SSSR count). The number of rotatable bonds is 2. The van der Waals surface area contributed by atoms with Gasteiger partial charge in [0.05, 0.1) is 30.5 Å². The molecule has 0 saturated carbocycles. The molecule has 0 aliphatic carbocycles. The number of thiol groups is 1. The normalized spacial score (nSPS) is 34.4. The molecular formula is C21H22F2N9O6PS. The van der Waals surface area contributed by atoms with Crippen LogP contribution in [-0.4, -0.2) is 65.1 Å². The van der Waals surface area contributed by atoms with Crippen LogP contribution in [0.4, 0.5) is 20.5 Å². The highest BCUT2D eigenvalue weighted by molar-refractivity contribution is 8.44. The Morgan fingerprint density at radius 2 is 1.95 bits per heavy atom. The quantitative estimate of drug-likeness (QED) is 0.193. The van der Waals surface area contributed by atoms with Crippen molar-refractivity contribution in [1.29, 1.82) is 0 Å². The molecule has 3 unspecified atom stereocenters. The van der Waals surface area contributed by atoms with Crippen molar-refractivity contribution in [1.82, 2.24) is 34.1 Å². The number of hydrogen-bond acceptors (Lipinski definition) is 12. The highest BCUT2D eigenvalue weighted by Crippen LogP contribution is 2.58. The van der Waals surface area contributed by atoms with E-state index in [0.717, 1.165) is 0 Å². The lowest BCUT2D eigenvalue weighted by molar-refractivity contribution is -0.0421. The van der Waals surface area contributed by atoms with E-state index < -0.39 is 55.1 Å². The fraction of sp³-hybridized carbons (Fsp3) is 0.476. The number of aromatic nitrogens is 7. The molecule has 19 heteroatoms. The second-order valence-corrected chi connectivity index (χ2v) is 12.7. The number of imidazole rings is 1. The molecule has 0 amide bonds. The third kappa shape index (κ3) is 4.09. The number of nitrogens with zero attached hydrogens (tertiary/aromatic N) is 6. The number of halogens is 2. The second-order valence-electron chi connectivity index (χ2n) is 9.82. The minimum atomic E-state index is -4.15. The Morgan fingerprint density at radius 3 is 2.77 bits per heavy atom. The Kier molecular flexibility index (Phi) is 5.92. The summed E-state index contributed by atoms with van der Waals surface area (Å²) in [5, 5.41) is 0.0581. The van der Waals surface area contributed by atoms with Crippen molar-refractivity contribution in [3.8, 4) is 0 Å². The second kappa shape index (κ2) is 9.19. The van der Waals surface area contributed by atoms with E-state index in [4.69, 9.17) is 30.0 Å². The first-order valence-electron chi connectivity index (χ1n) is 12.2. The molecule has 212 valence electrons. The van der Waals surface area contributed by atoms with Gasteiger partial charge < -0.3 is 25.5 Å². The van der Waals surface area contributed by atoms with Crippen molar-refractivity contribution in [3.05, 3.63) is 35.0 Å². The van der Waals surface area contributed by atoms with Gasteiger partial charge in [0.25, 0.3) is 5.56 Å².